The first-order valence-corrected chi connectivity index (χ1v) is 16.3. The number of aryl methyl sites for hydroxylation is 1. The van der Waals surface area contributed by atoms with Crippen LogP contribution in [0.3, 0.4) is 0 Å². The van der Waals surface area contributed by atoms with Crippen LogP contribution in [0.4, 0.5) is 31.5 Å². The minimum absolute atomic E-state index is 0.216. The fourth-order valence-corrected chi connectivity index (χ4v) is 5.88. The average Bonchev–Trinajstić information content (AvgIpc) is 3.57. The van der Waals surface area contributed by atoms with Gasteiger partial charge in [0.05, 0.1) is 18.8 Å². The van der Waals surface area contributed by atoms with Gasteiger partial charge in [0.15, 0.2) is 12.2 Å². The minimum atomic E-state index is -4.61. The van der Waals surface area contributed by atoms with Crippen molar-refractivity contribution in [1.29, 1.82) is 0 Å². The number of nitrogens with one attached hydrogen (secondary N) is 1. The molecule has 5 unspecified atom stereocenters. The smallest absolute Gasteiger partial charge is 0.444 e. The van der Waals surface area contributed by atoms with E-state index >= 15 is 4.39 Å². The molecule has 0 saturated carbocycles. The highest BCUT2D eigenvalue weighted by Crippen LogP contribution is 2.34. The van der Waals surface area contributed by atoms with Gasteiger partial charge in [0, 0.05) is 30.8 Å². The van der Waals surface area contributed by atoms with Gasteiger partial charge in [-0.05, 0) is 71.7 Å². The van der Waals surface area contributed by atoms with Crippen LogP contribution >= 0.6 is 0 Å². The molecular weight excluding hydrogens is 685 g/mol. The number of alkyl halides is 5. The quantitative estimate of drug-likeness (QED) is 0.162. The second-order valence-electron chi connectivity index (χ2n) is 14.8. The van der Waals surface area contributed by atoms with Crippen molar-refractivity contribution >= 4 is 24.1 Å². The predicted octanol–water partition coefficient (Wildman–Crippen LogP) is 5.80. The van der Waals surface area contributed by atoms with Gasteiger partial charge in [-0.1, -0.05) is 6.07 Å². The van der Waals surface area contributed by atoms with Crippen LogP contribution in [0.2, 0.25) is 0 Å². The maximum absolute atomic E-state index is 15.2. The zero-order chi connectivity index (χ0) is 38.1. The Bertz CT molecular complexity index is 1630. The van der Waals surface area contributed by atoms with E-state index in [1.807, 2.05) is 0 Å². The van der Waals surface area contributed by atoms with E-state index in [1.54, 1.807) is 54.5 Å². The molecule has 0 aromatic carbocycles. The van der Waals surface area contributed by atoms with Crippen LogP contribution in [-0.4, -0.2) is 98.9 Å². The molecule has 2 aromatic rings. The Labute approximate surface area is 292 Å². The maximum Gasteiger partial charge on any atom is 0.520 e. The molecular formula is C34H43F5N5O7+. The Morgan fingerprint density at radius 1 is 0.941 bits per heavy atom. The van der Waals surface area contributed by atoms with E-state index in [0.717, 1.165) is 17.2 Å². The number of halogens is 5. The van der Waals surface area contributed by atoms with Crippen LogP contribution in [0.5, 0.6) is 0 Å². The third-order valence-electron chi connectivity index (χ3n) is 8.22. The fourth-order valence-electron chi connectivity index (χ4n) is 5.88. The third kappa shape index (κ3) is 9.68. The van der Waals surface area contributed by atoms with Crippen molar-refractivity contribution in [3.05, 3.63) is 47.5 Å². The molecule has 0 spiro atoms. The molecule has 12 nitrogen and oxygen atoms in total. The first-order valence-electron chi connectivity index (χ1n) is 16.3. The number of pyridine rings is 2. The Kier molecular flexibility index (Phi) is 11.3. The van der Waals surface area contributed by atoms with Crippen LogP contribution < -0.4 is 5.32 Å². The van der Waals surface area contributed by atoms with Gasteiger partial charge in [0.2, 0.25) is 6.73 Å². The van der Waals surface area contributed by atoms with Crippen molar-refractivity contribution < 1.29 is 59.8 Å². The van der Waals surface area contributed by atoms with E-state index in [0.29, 0.717) is 22.4 Å². The Morgan fingerprint density at radius 3 is 2.20 bits per heavy atom. The summed E-state index contributed by atoms with van der Waals surface area (Å²) in [5.74, 6) is -1.87. The molecule has 2 fully saturated rings. The molecule has 3 amide bonds. The van der Waals surface area contributed by atoms with Gasteiger partial charge in [-0.15, -0.1) is 0 Å². The molecule has 0 bridgehead atoms. The molecule has 2 saturated heterocycles. The highest BCUT2D eigenvalue weighted by molar-refractivity contribution is 5.84. The lowest BCUT2D eigenvalue weighted by Gasteiger charge is -2.36. The Balaban J connectivity index is 1.55. The number of hydrogen-bond acceptors (Lipinski definition) is 9. The molecule has 17 heteroatoms. The summed E-state index contributed by atoms with van der Waals surface area (Å²) in [5, 5.41) is 2.64. The molecule has 4 rings (SSSR count). The molecule has 0 radical (unpaired) electrons. The van der Waals surface area contributed by atoms with Gasteiger partial charge in [-0.2, -0.15) is 22.4 Å². The molecule has 2 aromatic heterocycles. The summed E-state index contributed by atoms with van der Waals surface area (Å²) in [6.07, 6.45) is -8.13. The molecule has 2 aliphatic rings. The number of aromatic nitrogens is 2. The SMILES string of the molecule is Cc1cnc(CNC(=O)C2CC(F)C[N+]2(COC(=O)C2CC(F)CN2C(=O)OC(C)(C)C)C(=O)OC(C)(C)C)cc1-c1ccc(C(F)(F)F)nc1. The molecule has 2 aliphatic heterocycles. The van der Waals surface area contributed by atoms with Crippen LogP contribution in [0.25, 0.3) is 11.1 Å². The van der Waals surface area contributed by atoms with Crippen LogP contribution in [0, 0.1) is 6.92 Å². The van der Waals surface area contributed by atoms with Crippen molar-refractivity contribution in [2.24, 2.45) is 0 Å². The molecule has 1 N–H and O–H groups in total. The molecule has 51 heavy (non-hydrogen) atoms. The summed E-state index contributed by atoms with van der Waals surface area (Å²) in [6.45, 7) is 9.13. The van der Waals surface area contributed by atoms with Crippen molar-refractivity contribution in [2.75, 3.05) is 19.8 Å². The number of carbonyl (C=O) groups excluding carboxylic acids is 4. The number of carbonyl (C=O) groups is 4. The molecule has 4 heterocycles. The highest BCUT2D eigenvalue weighted by Gasteiger charge is 2.59. The number of likely N-dealkylation sites (tertiary alicyclic amines) is 2. The normalized spacial score (nSPS) is 23.9. The summed E-state index contributed by atoms with van der Waals surface area (Å²) in [6, 6.07) is 0.835. The summed E-state index contributed by atoms with van der Waals surface area (Å²) in [4.78, 5) is 62.2. The van der Waals surface area contributed by atoms with Crippen molar-refractivity contribution in [2.45, 2.75) is 110 Å². The molecule has 280 valence electrons. The maximum atomic E-state index is 15.2. The lowest BCUT2D eigenvalue weighted by molar-refractivity contribution is -0.879. The standard InChI is InChI=1S/C34H42F5N5O7/c1-19-13-40-23(12-24(19)20-8-9-27(41-14-20)34(37,38)39)15-42-28(45)26-11-22(36)17-44(26,31(48)51-33(5,6)7)18-49-29(46)25-10-21(35)16-43(25)30(47)50-32(2,3)4/h8-9,12-14,21-22,25-26H,10-11,15-18H2,1-7H3/p+1. The van der Waals surface area contributed by atoms with E-state index in [1.165, 1.54) is 12.3 Å². The van der Waals surface area contributed by atoms with Gasteiger partial charge in [0.25, 0.3) is 5.91 Å². The zero-order valence-corrected chi connectivity index (χ0v) is 29.5. The van der Waals surface area contributed by atoms with E-state index in [-0.39, 0.29) is 6.54 Å². The molecule has 5 atom stereocenters. The summed E-state index contributed by atoms with van der Waals surface area (Å²) in [7, 11) is 0. The Morgan fingerprint density at radius 2 is 1.61 bits per heavy atom. The summed E-state index contributed by atoms with van der Waals surface area (Å²) < 4.78 is 84.1. The summed E-state index contributed by atoms with van der Waals surface area (Å²) in [5.41, 5.74) is -1.28. The van der Waals surface area contributed by atoms with E-state index in [2.05, 4.69) is 15.3 Å². The van der Waals surface area contributed by atoms with Crippen molar-refractivity contribution in [3.8, 4) is 11.1 Å². The lowest BCUT2D eigenvalue weighted by Crippen LogP contribution is -2.63. The number of hydrogen-bond donors (Lipinski definition) is 1. The number of quaternary nitrogens is 1. The minimum Gasteiger partial charge on any atom is -0.444 e. The van der Waals surface area contributed by atoms with Crippen LogP contribution in [0.15, 0.2) is 30.6 Å². The first-order chi connectivity index (χ1) is 23.5. The number of rotatable bonds is 7. The van der Waals surface area contributed by atoms with Crippen molar-refractivity contribution in [3.63, 3.8) is 0 Å². The van der Waals surface area contributed by atoms with E-state index < -0.39 is 109 Å². The average molecular weight is 729 g/mol. The van der Waals surface area contributed by atoms with Crippen molar-refractivity contribution in [1.82, 2.24) is 20.2 Å². The van der Waals surface area contributed by atoms with Crippen LogP contribution in [0.1, 0.15) is 71.3 Å². The second-order valence-corrected chi connectivity index (χ2v) is 14.8. The largest absolute Gasteiger partial charge is 0.520 e. The Hall–Kier alpha value is -4.41. The second kappa shape index (κ2) is 14.7. The number of amides is 3. The highest BCUT2D eigenvalue weighted by atomic mass is 19.4. The van der Waals surface area contributed by atoms with E-state index in [4.69, 9.17) is 14.2 Å². The van der Waals surface area contributed by atoms with Crippen LogP contribution in [-0.2, 0) is 36.5 Å². The zero-order valence-electron chi connectivity index (χ0n) is 29.5. The number of esters is 1. The van der Waals surface area contributed by atoms with Gasteiger partial charge < -0.3 is 19.5 Å². The predicted molar refractivity (Wildman–Crippen MR) is 171 cm³/mol. The first kappa shape index (κ1) is 39.4. The van der Waals surface area contributed by atoms with E-state index in [9.17, 15) is 36.7 Å². The van der Waals surface area contributed by atoms with Gasteiger partial charge in [-0.25, -0.2) is 18.4 Å². The summed E-state index contributed by atoms with van der Waals surface area (Å²) >= 11 is 0. The van der Waals surface area contributed by atoms with Gasteiger partial charge >= 0.3 is 24.3 Å². The number of nitrogens with zero attached hydrogens (tertiary/aromatic N) is 4. The monoisotopic (exact) mass is 728 g/mol. The fraction of sp³-hybridized carbons (Fsp3) is 0.588. The van der Waals surface area contributed by atoms with Gasteiger partial charge in [-0.3, -0.25) is 19.7 Å². The third-order valence-corrected chi connectivity index (χ3v) is 8.22. The molecule has 0 aliphatic carbocycles. The topological polar surface area (TPSA) is 137 Å². The van der Waals surface area contributed by atoms with Gasteiger partial charge in [0.1, 0.15) is 35.7 Å². The lowest BCUT2D eigenvalue weighted by atomic mass is 10.0. The number of ether oxygens (including phenoxy) is 3.